The minimum atomic E-state index is -0.228. The van der Waals surface area contributed by atoms with Crippen molar-refractivity contribution in [1.29, 1.82) is 0 Å². The molecule has 0 saturated heterocycles. The van der Waals surface area contributed by atoms with Gasteiger partial charge in [0.05, 0.1) is 5.69 Å². The summed E-state index contributed by atoms with van der Waals surface area (Å²) >= 11 is 0. The maximum atomic E-state index is 12.6. The van der Waals surface area contributed by atoms with Crippen molar-refractivity contribution in [2.75, 3.05) is 0 Å². The van der Waals surface area contributed by atoms with Crippen molar-refractivity contribution in [2.45, 2.75) is 112 Å². The molecule has 5 heteroatoms. The lowest BCUT2D eigenvalue weighted by Gasteiger charge is -2.26. The number of aryl methyl sites for hydroxylation is 2. The molecule has 0 aliphatic carbocycles. The summed E-state index contributed by atoms with van der Waals surface area (Å²) in [6.45, 7) is 13.3. The average Bonchev–Trinajstić information content (AvgIpc) is 3.12. The summed E-state index contributed by atoms with van der Waals surface area (Å²) in [6.07, 6.45) is 10.5. The molecule has 28 heavy (non-hydrogen) atoms. The number of aromatic nitrogens is 3. The van der Waals surface area contributed by atoms with Crippen LogP contribution in [-0.4, -0.2) is 26.6 Å². The standard InChI is InChI=1S/C23H41N3O2/c1-7-10-16-22(4,5)20(27)12-11-17-26-18-19(24-25-26)13-14-21(28)23(6,9-3)15-8-2/h18H,7-17H2,1-6H3. The lowest BCUT2D eigenvalue weighted by atomic mass is 9.77. The second-order valence-corrected chi connectivity index (χ2v) is 9.07. The lowest BCUT2D eigenvalue weighted by Crippen LogP contribution is -2.27. The lowest BCUT2D eigenvalue weighted by molar-refractivity contribution is -0.128. The molecule has 1 aromatic heterocycles. The first-order valence-electron chi connectivity index (χ1n) is 11.1. The highest BCUT2D eigenvalue weighted by Gasteiger charge is 2.29. The number of carbonyl (C=O) groups is 2. The topological polar surface area (TPSA) is 64.8 Å². The second kappa shape index (κ2) is 11.5. The summed E-state index contributed by atoms with van der Waals surface area (Å²) in [7, 11) is 0. The van der Waals surface area contributed by atoms with Gasteiger partial charge >= 0.3 is 0 Å². The van der Waals surface area contributed by atoms with Crippen LogP contribution in [0.5, 0.6) is 0 Å². The van der Waals surface area contributed by atoms with Crippen LogP contribution >= 0.6 is 0 Å². The van der Waals surface area contributed by atoms with Gasteiger partial charge in [-0.1, -0.05) is 66.0 Å². The summed E-state index contributed by atoms with van der Waals surface area (Å²) in [5.41, 5.74) is 0.419. The van der Waals surface area contributed by atoms with Gasteiger partial charge in [0.2, 0.25) is 0 Å². The third-order valence-corrected chi connectivity index (χ3v) is 6.15. The Balaban J connectivity index is 2.44. The maximum Gasteiger partial charge on any atom is 0.139 e. The van der Waals surface area contributed by atoms with Crippen molar-refractivity contribution in [3.05, 3.63) is 11.9 Å². The highest BCUT2D eigenvalue weighted by atomic mass is 16.1. The molecule has 0 radical (unpaired) electrons. The Bertz CT molecular complexity index is 621. The van der Waals surface area contributed by atoms with Gasteiger partial charge in [0.25, 0.3) is 0 Å². The Labute approximate surface area is 171 Å². The first-order chi connectivity index (χ1) is 13.2. The number of unbranched alkanes of at least 4 members (excludes halogenated alkanes) is 1. The fourth-order valence-corrected chi connectivity index (χ4v) is 3.67. The van der Waals surface area contributed by atoms with Gasteiger partial charge in [0.1, 0.15) is 11.6 Å². The van der Waals surface area contributed by atoms with E-state index in [2.05, 4.69) is 51.9 Å². The van der Waals surface area contributed by atoms with Crippen molar-refractivity contribution in [3.8, 4) is 0 Å². The van der Waals surface area contributed by atoms with E-state index < -0.39 is 0 Å². The quantitative estimate of drug-likeness (QED) is 0.392. The van der Waals surface area contributed by atoms with Gasteiger partial charge in [0.15, 0.2) is 0 Å². The number of rotatable bonds is 15. The summed E-state index contributed by atoms with van der Waals surface area (Å²) < 4.78 is 1.80. The van der Waals surface area contributed by atoms with Gasteiger partial charge < -0.3 is 0 Å². The van der Waals surface area contributed by atoms with E-state index in [4.69, 9.17) is 0 Å². The van der Waals surface area contributed by atoms with E-state index in [0.29, 0.717) is 37.4 Å². The molecule has 0 amide bonds. The second-order valence-electron chi connectivity index (χ2n) is 9.07. The molecule has 0 N–H and O–H groups in total. The third-order valence-electron chi connectivity index (χ3n) is 6.15. The van der Waals surface area contributed by atoms with Gasteiger partial charge in [-0.25, -0.2) is 0 Å². The molecule has 160 valence electrons. The van der Waals surface area contributed by atoms with E-state index in [1.807, 2.05) is 6.20 Å². The number of hydrogen-bond donors (Lipinski definition) is 0. The Morgan fingerprint density at radius 3 is 2.29 bits per heavy atom. The molecular weight excluding hydrogens is 350 g/mol. The summed E-state index contributed by atoms with van der Waals surface area (Å²) in [6, 6.07) is 0. The van der Waals surface area contributed by atoms with Crippen molar-refractivity contribution in [1.82, 2.24) is 15.0 Å². The predicted octanol–water partition coefficient (Wildman–Crippen LogP) is 5.56. The highest BCUT2D eigenvalue weighted by molar-refractivity contribution is 5.84. The number of hydrogen-bond acceptors (Lipinski definition) is 4. The minimum absolute atomic E-state index is 0.213. The van der Waals surface area contributed by atoms with E-state index in [-0.39, 0.29) is 10.8 Å². The van der Waals surface area contributed by atoms with Gasteiger partial charge in [-0.05, 0) is 25.7 Å². The molecule has 1 atom stereocenters. The normalized spacial score (nSPS) is 14.1. The zero-order chi connectivity index (χ0) is 21.2. The zero-order valence-corrected chi connectivity index (χ0v) is 19.0. The number of Topliss-reactive ketones (excluding diaryl/α,β-unsaturated/α-hetero) is 2. The number of nitrogens with zero attached hydrogens (tertiary/aromatic N) is 3. The Morgan fingerprint density at radius 2 is 1.68 bits per heavy atom. The SMILES string of the molecule is CCCCC(C)(C)C(=O)CCCn1cc(CCC(=O)C(C)(CC)CCC)nn1. The predicted molar refractivity (Wildman–Crippen MR) is 114 cm³/mol. The van der Waals surface area contributed by atoms with Crippen LogP contribution in [0.25, 0.3) is 0 Å². The minimum Gasteiger partial charge on any atom is -0.299 e. The molecule has 0 saturated carbocycles. The monoisotopic (exact) mass is 391 g/mol. The van der Waals surface area contributed by atoms with Crippen LogP contribution in [0.15, 0.2) is 6.20 Å². The summed E-state index contributed by atoms with van der Waals surface area (Å²) in [5.74, 6) is 0.660. The Hall–Kier alpha value is -1.52. The molecule has 1 rings (SSSR count). The highest BCUT2D eigenvalue weighted by Crippen LogP contribution is 2.30. The molecule has 1 heterocycles. The van der Waals surface area contributed by atoms with Gasteiger partial charge in [-0.2, -0.15) is 0 Å². The Morgan fingerprint density at radius 1 is 0.964 bits per heavy atom. The molecule has 0 aromatic carbocycles. The molecule has 0 spiro atoms. The van der Waals surface area contributed by atoms with Crippen LogP contribution in [-0.2, 0) is 22.6 Å². The van der Waals surface area contributed by atoms with E-state index >= 15 is 0 Å². The van der Waals surface area contributed by atoms with Crippen molar-refractivity contribution in [2.24, 2.45) is 10.8 Å². The van der Waals surface area contributed by atoms with Crippen LogP contribution in [0, 0.1) is 10.8 Å². The fourth-order valence-electron chi connectivity index (χ4n) is 3.67. The van der Waals surface area contributed by atoms with Crippen LogP contribution in [0.1, 0.15) is 105 Å². The van der Waals surface area contributed by atoms with Gasteiger partial charge in [-0.15, -0.1) is 5.10 Å². The summed E-state index contributed by atoms with van der Waals surface area (Å²) in [4.78, 5) is 25.0. The first-order valence-corrected chi connectivity index (χ1v) is 11.1. The maximum absolute atomic E-state index is 12.6. The zero-order valence-electron chi connectivity index (χ0n) is 19.0. The fraction of sp³-hybridized carbons (Fsp3) is 0.826. The van der Waals surface area contributed by atoms with Gasteiger partial charge in [-0.3, -0.25) is 14.3 Å². The molecule has 1 aromatic rings. The molecular formula is C23H41N3O2. The van der Waals surface area contributed by atoms with Crippen molar-refractivity contribution >= 4 is 11.6 Å². The Kier molecular flexibility index (Phi) is 10.0. The van der Waals surface area contributed by atoms with E-state index in [9.17, 15) is 9.59 Å². The largest absolute Gasteiger partial charge is 0.299 e. The average molecular weight is 392 g/mol. The summed E-state index contributed by atoms with van der Waals surface area (Å²) in [5, 5.41) is 8.37. The molecule has 5 nitrogen and oxygen atoms in total. The van der Waals surface area contributed by atoms with Crippen LogP contribution in [0.2, 0.25) is 0 Å². The van der Waals surface area contributed by atoms with Crippen LogP contribution < -0.4 is 0 Å². The van der Waals surface area contributed by atoms with Crippen LogP contribution in [0.4, 0.5) is 0 Å². The van der Waals surface area contributed by atoms with E-state index in [1.54, 1.807) is 4.68 Å². The van der Waals surface area contributed by atoms with Gasteiger partial charge in [0, 0.05) is 42.8 Å². The molecule has 0 aliphatic heterocycles. The van der Waals surface area contributed by atoms with Crippen LogP contribution in [0.3, 0.4) is 0 Å². The van der Waals surface area contributed by atoms with Crippen molar-refractivity contribution in [3.63, 3.8) is 0 Å². The molecule has 0 bridgehead atoms. The molecule has 1 unspecified atom stereocenters. The smallest absolute Gasteiger partial charge is 0.139 e. The molecule has 0 aliphatic rings. The van der Waals surface area contributed by atoms with E-state index in [0.717, 1.165) is 50.6 Å². The first kappa shape index (κ1) is 24.5. The number of carbonyl (C=O) groups excluding carboxylic acids is 2. The number of ketones is 2. The van der Waals surface area contributed by atoms with Crippen molar-refractivity contribution < 1.29 is 9.59 Å². The third kappa shape index (κ3) is 7.48. The van der Waals surface area contributed by atoms with E-state index in [1.165, 1.54) is 0 Å². The molecule has 0 fully saturated rings.